The van der Waals surface area contributed by atoms with Gasteiger partial charge in [0.25, 0.3) is 0 Å². The molecule has 0 fully saturated rings. The molecule has 0 spiro atoms. The SMILES string of the molecule is CCCCCCN=C(N)NCCNC(=O)OC(C)(C)C.I. The number of hydrogen-bond donors (Lipinski definition) is 3. The van der Waals surface area contributed by atoms with Crippen LogP contribution in [0.3, 0.4) is 0 Å². The Morgan fingerprint density at radius 1 is 1.14 bits per heavy atom. The van der Waals surface area contributed by atoms with Gasteiger partial charge in [0.15, 0.2) is 5.96 Å². The molecule has 7 heteroatoms. The van der Waals surface area contributed by atoms with Gasteiger partial charge in [-0.15, -0.1) is 24.0 Å². The molecule has 21 heavy (non-hydrogen) atoms. The molecule has 0 atom stereocenters. The van der Waals surface area contributed by atoms with E-state index in [9.17, 15) is 4.79 Å². The lowest BCUT2D eigenvalue weighted by Gasteiger charge is -2.19. The zero-order valence-corrected chi connectivity index (χ0v) is 16.0. The van der Waals surface area contributed by atoms with Gasteiger partial charge in [-0.2, -0.15) is 0 Å². The van der Waals surface area contributed by atoms with E-state index in [4.69, 9.17) is 10.5 Å². The van der Waals surface area contributed by atoms with Crippen LogP contribution in [-0.2, 0) is 4.74 Å². The molecule has 0 heterocycles. The maximum atomic E-state index is 11.4. The van der Waals surface area contributed by atoms with Gasteiger partial charge in [-0.3, -0.25) is 4.99 Å². The fourth-order valence-electron chi connectivity index (χ4n) is 1.46. The van der Waals surface area contributed by atoms with Crippen molar-refractivity contribution in [2.75, 3.05) is 19.6 Å². The second-order valence-electron chi connectivity index (χ2n) is 5.68. The van der Waals surface area contributed by atoms with Crippen molar-refractivity contribution in [1.29, 1.82) is 0 Å². The predicted octanol–water partition coefficient (Wildman–Crippen LogP) is 2.61. The molecule has 0 unspecified atom stereocenters. The molecule has 0 aliphatic carbocycles. The van der Waals surface area contributed by atoms with E-state index in [1.54, 1.807) is 0 Å². The monoisotopic (exact) mass is 414 g/mol. The first kappa shape index (κ1) is 22.5. The maximum Gasteiger partial charge on any atom is 0.407 e. The fraction of sp³-hybridized carbons (Fsp3) is 0.857. The van der Waals surface area contributed by atoms with E-state index in [1.807, 2.05) is 20.8 Å². The lowest BCUT2D eigenvalue weighted by Crippen LogP contribution is -2.40. The van der Waals surface area contributed by atoms with Crippen molar-refractivity contribution in [3.63, 3.8) is 0 Å². The highest BCUT2D eigenvalue weighted by Crippen LogP contribution is 2.05. The molecule has 1 amide bonds. The summed E-state index contributed by atoms with van der Waals surface area (Å²) in [6.45, 7) is 9.38. The molecule has 126 valence electrons. The summed E-state index contributed by atoms with van der Waals surface area (Å²) in [6, 6.07) is 0. The van der Waals surface area contributed by atoms with Gasteiger partial charge in [0.05, 0.1) is 0 Å². The molecule has 0 saturated heterocycles. The number of ether oxygens (including phenoxy) is 1. The first-order valence-corrected chi connectivity index (χ1v) is 7.36. The van der Waals surface area contributed by atoms with Crippen molar-refractivity contribution in [2.45, 2.75) is 59.0 Å². The summed E-state index contributed by atoms with van der Waals surface area (Å²) in [5, 5.41) is 5.59. The van der Waals surface area contributed by atoms with E-state index in [-0.39, 0.29) is 24.0 Å². The van der Waals surface area contributed by atoms with E-state index in [0.29, 0.717) is 19.0 Å². The van der Waals surface area contributed by atoms with Crippen LogP contribution in [-0.4, -0.2) is 37.3 Å². The van der Waals surface area contributed by atoms with E-state index in [1.165, 1.54) is 19.3 Å². The van der Waals surface area contributed by atoms with Crippen LogP contribution in [0, 0.1) is 0 Å². The Bertz CT molecular complexity index is 304. The minimum atomic E-state index is -0.476. The van der Waals surface area contributed by atoms with Crippen LogP contribution >= 0.6 is 24.0 Å². The van der Waals surface area contributed by atoms with Gasteiger partial charge in [-0.05, 0) is 27.2 Å². The van der Waals surface area contributed by atoms with Crippen molar-refractivity contribution < 1.29 is 9.53 Å². The van der Waals surface area contributed by atoms with Gasteiger partial charge in [0, 0.05) is 19.6 Å². The number of carbonyl (C=O) groups is 1. The third-order valence-electron chi connectivity index (χ3n) is 2.39. The molecule has 4 N–H and O–H groups in total. The Labute approximate surface area is 145 Å². The van der Waals surface area contributed by atoms with Crippen LogP contribution in [0.25, 0.3) is 0 Å². The molecule has 0 aromatic heterocycles. The summed E-state index contributed by atoms with van der Waals surface area (Å²) in [5.41, 5.74) is 5.23. The molecule has 0 aromatic rings. The molecule has 0 radical (unpaired) electrons. The number of hydrogen-bond acceptors (Lipinski definition) is 3. The second-order valence-corrected chi connectivity index (χ2v) is 5.68. The highest BCUT2D eigenvalue weighted by atomic mass is 127. The summed E-state index contributed by atoms with van der Waals surface area (Å²) in [6.07, 6.45) is 4.28. The van der Waals surface area contributed by atoms with Crippen molar-refractivity contribution in [1.82, 2.24) is 10.6 Å². The van der Waals surface area contributed by atoms with Crippen LogP contribution in [0.15, 0.2) is 4.99 Å². The molecule has 6 nitrogen and oxygen atoms in total. The minimum Gasteiger partial charge on any atom is -0.444 e. The van der Waals surface area contributed by atoms with Crippen molar-refractivity contribution >= 4 is 36.0 Å². The Kier molecular flexibility index (Phi) is 13.9. The third-order valence-corrected chi connectivity index (χ3v) is 2.39. The number of nitrogens with one attached hydrogen (secondary N) is 2. The van der Waals surface area contributed by atoms with E-state index in [2.05, 4.69) is 22.5 Å². The highest BCUT2D eigenvalue weighted by Gasteiger charge is 2.15. The van der Waals surface area contributed by atoms with E-state index < -0.39 is 11.7 Å². The molecule has 0 rings (SSSR count). The Morgan fingerprint density at radius 2 is 1.76 bits per heavy atom. The van der Waals surface area contributed by atoms with Crippen molar-refractivity contribution in [3.05, 3.63) is 0 Å². The average molecular weight is 414 g/mol. The van der Waals surface area contributed by atoms with E-state index in [0.717, 1.165) is 13.0 Å². The van der Waals surface area contributed by atoms with Crippen LogP contribution in [0.1, 0.15) is 53.4 Å². The molecular weight excluding hydrogens is 383 g/mol. The Balaban J connectivity index is 0. The Hall–Kier alpha value is -0.730. The van der Waals surface area contributed by atoms with Gasteiger partial charge in [-0.1, -0.05) is 26.2 Å². The molecule has 0 bridgehead atoms. The first-order chi connectivity index (χ1) is 9.35. The number of halogens is 1. The number of carbonyl (C=O) groups excluding carboxylic acids is 1. The zero-order chi connectivity index (χ0) is 15.4. The van der Waals surface area contributed by atoms with Crippen LogP contribution in [0.4, 0.5) is 4.79 Å². The number of amides is 1. The number of nitrogens with zero attached hydrogens (tertiary/aromatic N) is 1. The van der Waals surface area contributed by atoms with Crippen LogP contribution < -0.4 is 16.4 Å². The topological polar surface area (TPSA) is 88.7 Å². The van der Waals surface area contributed by atoms with Crippen LogP contribution in [0.5, 0.6) is 0 Å². The molecule has 0 aromatic carbocycles. The first-order valence-electron chi connectivity index (χ1n) is 7.36. The predicted molar refractivity (Wildman–Crippen MR) is 98.3 cm³/mol. The Morgan fingerprint density at radius 3 is 2.33 bits per heavy atom. The fourth-order valence-corrected chi connectivity index (χ4v) is 1.46. The van der Waals surface area contributed by atoms with Gasteiger partial charge >= 0.3 is 6.09 Å². The smallest absolute Gasteiger partial charge is 0.407 e. The standard InChI is InChI=1S/C14H30N4O2.HI/c1-5-6-7-8-9-16-12(15)17-10-11-18-13(19)20-14(2,3)4;/h5-11H2,1-4H3,(H,18,19)(H3,15,16,17);1H. The number of aliphatic imine (C=N–C) groups is 1. The maximum absolute atomic E-state index is 11.4. The van der Waals surface area contributed by atoms with Gasteiger partial charge in [0.2, 0.25) is 0 Å². The summed E-state index contributed by atoms with van der Waals surface area (Å²) < 4.78 is 5.11. The quantitative estimate of drug-likeness (QED) is 0.247. The molecule has 0 saturated carbocycles. The number of nitrogens with two attached hydrogens (primary N) is 1. The minimum absolute atomic E-state index is 0. The molecule has 0 aliphatic heterocycles. The summed E-state index contributed by atoms with van der Waals surface area (Å²) in [4.78, 5) is 15.6. The number of rotatable bonds is 8. The lowest BCUT2D eigenvalue weighted by molar-refractivity contribution is 0.0529. The zero-order valence-electron chi connectivity index (χ0n) is 13.7. The normalized spacial score (nSPS) is 11.5. The summed E-state index contributed by atoms with van der Waals surface area (Å²) in [5.74, 6) is 0.424. The number of unbranched alkanes of at least 4 members (excludes halogenated alkanes) is 3. The van der Waals surface area contributed by atoms with Crippen LogP contribution in [0.2, 0.25) is 0 Å². The summed E-state index contributed by atoms with van der Waals surface area (Å²) in [7, 11) is 0. The molecule has 0 aliphatic rings. The number of alkyl carbamates (subject to hydrolysis) is 1. The van der Waals surface area contributed by atoms with Crippen molar-refractivity contribution in [2.24, 2.45) is 10.7 Å². The van der Waals surface area contributed by atoms with E-state index >= 15 is 0 Å². The second kappa shape index (κ2) is 13.0. The highest BCUT2D eigenvalue weighted by molar-refractivity contribution is 14.0. The van der Waals surface area contributed by atoms with Crippen molar-refractivity contribution in [3.8, 4) is 0 Å². The number of guanidine groups is 1. The molecular formula is C14H31IN4O2. The summed E-state index contributed by atoms with van der Waals surface area (Å²) >= 11 is 0. The average Bonchev–Trinajstić information content (AvgIpc) is 2.32. The van der Waals surface area contributed by atoms with Gasteiger partial charge in [-0.25, -0.2) is 4.79 Å². The van der Waals surface area contributed by atoms with Gasteiger partial charge < -0.3 is 21.1 Å². The largest absolute Gasteiger partial charge is 0.444 e. The lowest BCUT2D eigenvalue weighted by atomic mass is 10.2. The third kappa shape index (κ3) is 17.2. The van der Waals surface area contributed by atoms with Gasteiger partial charge in [0.1, 0.15) is 5.60 Å².